The Kier molecular flexibility index (Phi) is 7.87. The van der Waals surface area contributed by atoms with Crippen LogP contribution in [-0.2, 0) is 0 Å². The molecule has 0 aliphatic carbocycles. The van der Waals surface area contributed by atoms with Crippen molar-refractivity contribution in [1.29, 1.82) is 0 Å². The lowest BCUT2D eigenvalue weighted by Crippen LogP contribution is -2.81. The Morgan fingerprint density at radius 1 is 0.286 bits per heavy atom. The summed E-state index contributed by atoms with van der Waals surface area (Å²) in [7, 11) is 0.139. The Hall–Kier alpha value is -0.0551. The number of hydrogen-bond donors (Lipinski definition) is 0. The van der Waals surface area contributed by atoms with Crippen LogP contribution in [0.5, 0.6) is 0 Å². The lowest BCUT2D eigenvalue weighted by Gasteiger charge is -2.64. The van der Waals surface area contributed by atoms with E-state index in [4.69, 9.17) is 0 Å². The molecule has 0 rings (SSSR count). The van der Waals surface area contributed by atoms with E-state index in [1.54, 1.807) is 0 Å². The molecule has 0 bridgehead atoms. The molecule has 0 fully saturated rings. The molecule has 0 unspecified atom stereocenters. The third kappa shape index (κ3) is 7.02. The predicted molar refractivity (Wildman–Crippen MR) is 130 cm³/mol. The maximum atomic E-state index is 2.73. The van der Waals surface area contributed by atoms with Crippen molar-refractivity contribution < 1.29 is 0 Å². The van der Waals surface area contributed by atoms with Gasteiger partial charge in [0, 0.05) is 33.2 Å². The van der Waals surface area contributed by atoms with Gasteiger partial charge in [0.2, 0.25) is 0 Å². The molecule has 0 heterocycles. The zero-order valence-electron chi connectivity index (χ0n) is 22.9. The summed E-state index contributed by atoms with van der Waals surface area (Å²) in [6.45, 7) is 42.5. The van der Waals surface area contributed by atoms with Crippen LogP contribution in [-0.4, -0.2) is 54.8 Å². The molecule has 3 nitrogen and oxygen atoms in total. The van der Waals surface area contributed by atoms with E-state index in [9.17, 15) is 0 Å². The minimum Gasteiger partial charge on any atom is -0.304 e. The molecule has 0 aromatic rings. The summed E-state index contributed by atoms with van der Waals surface area (Å²) in [6, 6.07) is 0. The Labute approximate surface area is 179 Å². The third-order valence-electron chi connectivity index (χ3n) is 5.03. The highest BCUT2D eigenvalue weighted by atomic mass is 15.4. The van der Waals surface area contributed by atoms with Crippen molar-refractivity contribution in [2.24, 2.45) is 0 Å². The Morgan fingerprint density at radius 2 is 0.393 bits per heavy atom. The van der Waals surface area contributed by atoms with Crippen LogP contribution in [0.1, 0.15) is 125 Å². The van der Waals surface area contributed by atoms with Crippen molar-refractivity contribution in [2.45, 2.75) is 158 Å². The van der Waals surface area contributed by atoms with E-state index in [0.717, 1.165) is 0 Å². The standard InChI is InChI=1S/C24H54BN3/c1-19(2,3)26(20(4,5)6)25(27(21(7,8)9)22(10,11)12)28(23(13,14)15)24(16,17)18/h1-18H3. The predicted octanol–water partition coefficient (Wildman–Crippen LogP) is 6.67. The van der Waals surface area contributed by atoms with Gasteiger partial charge >= 0.3 is 7.12 Å². The molecule has 0 saturated carbocycles. The summed E-state index contributed by atoms with van der Waals surface area (Å²) in [5.74, 6) is 0. The van der Waals surface area contributed by atoms with E-state index < -0.39 is 0 Å². The van der Waals surface area contributed by atoms with Gasteiger partial charge in [0.1, 0.15) is 0 Å². The van der Waals surface area contributed by atoms with Crippen molar-refractivity contribution >= 4 is 7.12 Å². The van der Waals surface area contributed by atoms with Crippen LogP contribution in [0.2, 0.25) is 0 Å². The largest absolute Gasteiger partial charge is 0.405 e. The molecule has 0 radical (unpaired) electrons. The SMILES string of the molecule is CC(C)(C)N(B(N(C(C)(C)C)C(C)(C)C)N(C(C)(C)C)C(C)(C)C)C(C)(C)C. The van der Waals surface area contributed by atoms with Crippen molar-refractivity contribution in [3.8, 4) is 0 Å². The number of hydrogen-bond acceptors (Lipinski definition) is 3. The topological polar surface area (TPSA) is 9.72 Å². The highest BCUT2D eigenvalue weighted by Gasteiger charge is 2.56. The molecule has 0 aromatic heterocycles. The Balaban J connectivity index is 7.30. The van der Waals surface area contributed by atoms with Gasteiger partial charge in [-0.2, -0.15) is 0 Å². The second-order valence-electron chi connectivity index (χ2n) is 14.5. The summed E-state index contributed by atoms with van der Waals surface area (Å²) in [5.41, 5.74) is 0.0382. The molecule has 0 aliphatic heterocycles. The normalized spacial score (nSPS) is 15.8. The lowest BCUT2D eigenvalue weighted by molar-refractivity contribution is 0.00823. The van der Waals surface area contributed by atoms with Crippen LogP contribution < -0.4 is 0 Å². The second-order valence-corrected chi connectivity index (χ2v) is 14.5. The van der Waals surface area contributed by atoms with Gasteiger partial charge < -0.3 is 14.4 Å². The van der Waals surface area contributed by atoms with Crippen LogP contribution >= 0.6 is 0 Å². The average molecular weight is 396 g/mol. The summed E-state index contributed by atoms with van der Waals surface area (Å²) in [5, 5.41) is 0. The first-order valence-corrected chi connectivity index (χ1v) is 11.1. The minimum absolute atomic E-state index is 0.00637. The first-order chi connectivity index (χ1) is 11.7. The Morgan fingerprint density at radius 3 is 0.464 bits per heavy atom. The van der Waals surface area contributed by atoms with E-state index in [0.29, 0.717) is 0 Å². The quantitative estimate of drug-likeness (QED) is 0.494. The molecule has 4 heteroatoms. The summed E-state index contributed by atoms with van der Waals surface area (Å²) >= 11 is 0. The number of nitrogens with zero attached hydrogens (tertiary/aromatic N) is 3. The second kappa shape index (κ2) is 7.89. The molecule has 0 amide bonds. The fourth-order valence-electron chi connectivity index (χ4n) is 5.44. The van der Waals surface area contributed by atoms with Crippen LogP contribution in [0.15, 0.2) is 0 Å². The minimum atomic E-state index is 0.00637. The highest BCUT2D eigenvalue weighted by Crippen LogP contribution is 2.40. The van der Waals surface area contributed by atoms with Gasteiger partial charge in [-0.15, -0.1) is 0 Å². The fourth-order valence-corrected chi connectivity index (χ4v) is 5.44. The van der Waals surface area contributed by atoms with Gasteiger partial charge in [-0.05, 0) is 125 Å². The number of rotatable bonds is 3. The van der Waals surface area contributed by atoms with E-state index in [-0.39, 0.29) is 40.4 Å². The fraction of sp³-hybridized carbons (Fsp3) is 1.00. The molecule has 0 saturated heterocycles. The first-order valence-electron chi connectivity index (χ1n) is 11.1. The van der Waals surface area contributed by atoms with Crippen molar-refractivity contribution in [3.63, 3.8) is 0 Å². The summed E-state index contributed by atoms with van der Waals surface area (Å²) < 4.78 is 0. The van der Waals surface area contributed by atoms with Crippen molar-refractivity contribution in [2.75, 3.05) is 0 Å². The van der Waals surface area contributed by atoms with E-state index in [1.807, 2.05) is 0 Å². The highest BCUT2D eigenvalue weighted by molar-refractivity contribution is 6.51. The average Bonchev–Trinajstić information content (AvgIpc) is 2.13. The smallest absolute Gasteiger partial charge is 0.304 e. The molecule has 28 heavy (non-hydrogen) atoms. The van der Waals surface area contributed by atoms with Gasteiger partial charge in [-0.3, -0.25) is 0 Å². The van der Waals surface area contributed by atoms with Crippen molar-refractivity contribution in [1.82, 2.24) is 14.4 Å². The van der Waals surface area contributed by atoms with Crippen molar-refractivity contribution in [3.05, 3.63) is 0 Å². The van der Waals surface area contributed by atoms with E-state index in [2.05, 4.69) is 139 Å². The zero-order valence-corrected chi connectivity index (χ0v) is 22.9. The molecule has 168 valence electrons. The maximum Gasteiger partial charge on any atom is 0.405 e. The lowest BCUT2D eigenvalue weighted by atomic mass is 9.64. The van der Waals surface area contributed by atoms with Gasteiger partial charge in [0.05, 0.1) is 0 Å². The van der Waals surface area contributed by atoms with Crippen LogP contribution in [0, 0.1) is 0 Å². The van der Waals surface area contributed by atoms with Gasteiger partial charge in [0.15, 0.2) is 0 Å². The molecule has 0 aromatic carbocycles. The Bertz CT molecular complexity index is 381. The third-order valence-corrected chi connectivity index (χ3v) is 5.03. The molecule has 0 atom stereocenters. The monoisotopic (exact) mass is 395 g/mol. The summed E-state index contributed by atoms with van der Waals surface area (Å²) in [6.07, 6.45) is 0. The van der Waals surface area contributed by atoms with Gasteiger partial charge in [0.25, 0.3) is 0 Å². The molecular weight excluding hydrogens is 341 g/mol. The maximum absolute atomic E-state index is 2.73. The molecular formula is C24H54BN3. The zero-order chi connectivity index (χ0) is 23.3. The molecule has 0 spiro atoms. The van der Waals surface area contributed by atoms with E-state index in [1.165, 1.54) is 0 Å². The van der Waals surface area contributed by atoms with Crippen LogP contribution in [0.3, 0.4) is 0 Å². The molecule has 0 N–H and O–H groups in total. The van der Waals surface area contributed by atoms with Gasteiger partial charge in [-0.1, -0.05) is 0 Å². The van der Waals surface area contributed by atoms with Crippen LogP contribution in [0.4, 0.5) is 0 Å². The van der Waals surface area contributed by atoms with Crippen LogP contribution in [0.25, 0.3) is 0 Å². The molecule has 0 aliphatic rings. The summed E-state index contributed by atoms with van der Waals surface area (Å²) in [4.78, 5) is 8.19. The van der Waals surface area contributed by atoms with Gasteiger partial charge in [-0.25, -0.2) is 0 Å². The van der Waals surface area contributed by atoms with E-state index >= 15 is 0 Å². The first kappa shape index (κ1) is 27.9.